The van der Waals surface area contributed by atoms with E-state index in [0.29, 0.717) is 29.0 Å². The number of carbonyl (C=O) groups is 1. The van der Waals surface area contributed by atoms with E-state index in [1.54, 1.807) is 12.1 Å². The van der Waals surface area contributed by atoms with Gasteiger partial charge in [0.05, 0.1) is 21.9 Å². The average molecular weight is 488 g/mol. The molecule has 1 saturated heterocycles. The molecule has 1 unspecified atom stereocenters. The third-order valence-electron chi connectivity index (χ3n) is 5.68. The lowest BCUT2D eigenvalue weighted by Crippen LogP contribution is -2.49. The molecule has 3 heterocycles. The molecule has 1 aliphatic rings. The molecule has 166 valence electrons. The summed E-state index contributed by atoms with van der Waals surface area (Å²) in [6.45, 7) is 2.37. The van der Waals surface area contributed by atoms with Crippen LogP contribution in [0.4, 0.5) is 5.13 Å². The Labute approximate surface area is 193 Å². The Morgan fingerprint density at radius 2 is 2.06 bits per heavy atom. The largest absolute Gasteiger partial charge is 0.301 e. The number of rotatable bonds is 5. The highest BCUT2D eigenvalue weighted by Gasteiger charge is 2.39. The van der Waals surface area contributed by atoms with Crippen LogP contribution in [0.2, 0.25) is 0 Å². The van der Waals surface area contributed by atoms with Crippen LogP contribution in [0, 0.1) is 0 Å². The van der Waals surface area contributed by atoms with Gasteiger partial charge in [0.1, 0.15) is 22.0 Å². The van der Waals surface area contributed by atoms with E-state index in [-0.39, 0.29) is 17.3 Å². The predicted molar refractivity (Wildman–Crippen MR) is 127 cm³/mol. The third kappa shape index (κ3) is 3.79. The van der Waals surface area contributed by atoms with E-state index < -0.39 is 16.1 Å². The monoisotopic (exact) mass is 487 g/mol. The minimum absolute atomic E-state index is 0.0931. The van der Waals surface area contributed by atoms with Crippen molar-refractivity contribution < 1.29 is 13.2 Å². The first-order chi connectivity index (χ1) is 15.5. The standard InChI is InChI=1S/C21H21N5O3S3/c1-2-13-9-10-14-17(12-13)30-21(22-14)23-20(27)16-7-3-4-11-26(16)32(28,29)18-8-5-6-15-19(18)25-31-24-15/h5-6,8-10,12,16H,2-4,7,11H2,1H3,(H,22,23,27). The van der Waals surface area contributed by atoms with Crippen LogP contribution in [-0.4, -0.2) is 44.9 Å². The first-order valence-corrected chi connectivity index (χ1v) is 13.4. The minimum Gasteiger partial charge on any atom is -0.301 e. The maximum Gasteiger partial charge on any atom is 0.246 e. The molecule has 11 heteroatoms. The van der Waals surface area contributed by atoms with Gasteiger partial charge in [-0.3, -0.25) is 4.79 Å². The molecule has 0 radical (unpaired) electrons. The first-order valence-electron chi connectivity index (χ1n) is 10.4. The number of nitrogens with one attached hydrogen (secondary N) is 1. The van der Waals surface area contributed by atoms with E-state index in [0.717, 1.165) is 34.8 Å². The van der Waals surface area contributed by atoms with Crippen LogP contribution >= 0.6 is 23.1 Å². The van der Waals surface area contributed by atoms with Crippen molar-refractivity contribution in [1.29, 1.82) is 0 Å². The van der Waals surface area contributed by atoms with Gasteiger partial charge in [-0.25, -0.2) is 13.4 Å². The molecule has 0 spiro atoms. The highest BCUT2D eigenvalue weighted by Crippen LogP contribution is 2.31. The van der Waals surface area contributed by atoms with Crippen LogP contribution in [-0.2, 0) is 21.2 Å². The van der Waals surface area contributed by atoms with Crippen LogP contribution in [0.5, 0.6) is 0 Å². The fraction of sp³-hybridized carbons (Fsp3) is 0.333. The topological polar surface area (TPSA) is 105 Å². The number of anilines is 1. The number of thiazole rings is 1. The Balaban J connectivity index is 1.44. The Kier molecular flexibility index (Phi) is 5.66. The van der Waals surface area contributed by atoms with Crippen LogP contribution in [0.3, 0.4) is 0 Å². The quantitative estimate of drug-likeness (QED) is 0.455. The second-order valence-corrected chi connectivity index (χ2v) is 11.1. The van der Waals surface area contributed by atoms with Crippen molar-refractivity contribution in [3.63, 3.8) is 0 Å². The van der Waals surface area contributed by atoms with E-state index >= 15 is 0 Å². The summed E-state index contributed by atoms with van der Waals surface area (Å²) in [6, 6.07) is 10.2. The fourth-order valence-electron chi connectivity index (χ4n) is 4.00. The lowest BCUT2D eigenvalue weighted by atomic mass is 10.0. The van der Waals surface area contributed by atoms with Crippen LogP contribution in [0.15, 0.2) is 41.3 Å². The molecule has 32 heavy (non-hydrogen) atoms. The molecule has 0 saturated carbocycles. The number of aryl methyl sites for hydroxylation is 1. The first kappa shape index (κ1) is 21.4. The van der Waals surface area contributed by atoms with E-state index in [1.807, 2.05) is 12.1 Å². The van der Waals surface area contributed by atoms with Gasteiger partial charge in [0.15, 0.2) is 5.13 Å². The second kappa shape index (κ2) is 8.47. The average Bonchev–Trinajstić information content (AvgIpc) is 3.44. The molecule has 1 aliphatic heterocycles. The molecule has 1 N–H and O–H groups in total. The molecule has 4 aromatic rings. The lowest BCUT2D eigenvalue weighted by Gasteiger charge is -2.33. The summed E-state index contributed by atoms with van der Waals surface area (Å²) < 4.78 is 37.7. The number of nitrogens with zero attached hydrogens (tertiary/aromatic N) is 4. The number of amides is 1. The highest BCUT2D eigenvalue weighted by molar-refractivity contribution is 7.89. The number of sulfonamides is 1. The number of hydrogen-bond donors (Lipinski definition) is 1. The molecule has 8 nitrogen and oxygen atoms in total. The van der Waals surface area contributed by atoms with Crippen molar-refractivity contribution >= 4 is 65.4 Å². The number of benzene rings is 2. The molecule has 5 rings (SSSR count). The zero-order valence-electron chi connectivity index (χ0n) is 17.3. The van der Waals surface area contributed by atoms with Gasteiger partial charge < -0.3 is 5.32 Å². The van der Waals surface area contributed by atoms with Gasteiger partial charge in [0.25, 0.3) is 0 Å². The van der Waals surface area contributed by atoms with E-state index in [4.69, 9.17) is 0 Å². The summed E-state index contributed by atoms with van der Waals surface area (Å²) in [5.74, 6) is -0.355. The van der Waals surface area contributed by atoms with Crippen LogP contribution in [0.1, 0.15) is 31.7 Å². The van der Waals surface area contributed by atoms with E-state index in [2.05, 4.69) is 32.0 Å². The predicted octanol–water partition coefficient (Wildman–Crippen LogP) is 4.05. The highest BCUT2D eigenvalue weighted by atomic mass is 32.2. The summed E-state index contributed by atoms with van der Waals surface area (Å²) in [4.78, 5) is 17.8. The lowest BCUT2D eigenvalue weighted by molar-refractivity contribution is -0.120. The molecular weight excluding hydrogens is 466 g/mol. The third-order valence-corrected chi connectivity index (χ3v) is 9.10. The normalized spacial score (nSPS) is 17.7. The molecule has 2 aromatic carbocycles. The molecule has 0 bridgehead atoms. The van der Waals surface area contributed by atoms with Crippen molar-refractivity contribution in [2.75, 3.05) is 11.9 Å². The Bertz CT molecular complexity index is 1410. The second-order valence-electron chi connectivity index (χ2n) is 7.68. The maximum atomic E-state index is 13.5. The van der Waals surface area contributed by atoms with Gasteiger partial charge in [-0.15, -0.1) is 0 Å². The van der Waals surface area contributed by atoms with Gasteiger partial charge in [-0.05, 0) is 49.1 Å². The number of hydrogen-bond acceptors (Lipinski definition) is 8. The van der Waals surface area contributed by atoms with Gasteiger partial charge >= 0.3 is 0 Å². The molecule has 2 aromatic heterocycles. The Morgan fingerprint density at radius 3 is 2.91 bits per heavy atom. The summed E-state index contributed by atoms with van der Waals surface area (Å²) in [5.41, 5.74) is 2.91. The maximum absolute atomic E-state index is 13.5. The number of piperidine rings is 1. The Morgan fingerprint density at radius 1 is 1.19 bits per heavy atom. The summed E-state index contributed by atoms with van der Waals surface area (Å²) in [6.07, 6.45) is 2.87. The van der Waals surface area contributed by atoms with Crippen molar-refractivity contribution in [1.82, 2.24) is 18.0 Å². The molecular formula is C21H21N5O3S3. The van der Waals surface area contributed by atoms with Crippen molar-refractivity contribution in [2.24, 2.45) is 0 Å². The molecule has 1 fully saturated rings. The zero-order chi connectivity index (χ0) is 22.3. The van der Waals surface area contributed by atoms with Crippen LogP contribution < -0.4 is 5.32 Å². The SMILES string of the molecule is CCc1ccc2nc(NC(=O)C3CCCCN3S(=O)(=O)c3cccc4nsnc34)sc2c1. The van der Waals surface area contributed by atoms with Gasteiger partial charge in [-0.1, -0.05) is 36.8 Å². The number of carbonyl (C=O) groups excluding carboxylic acids is 1. The van der Waals surface area contributed by atoms with E-state index in [9.17, 15) is 13.2 Å². The molecule has 0 aliphatic carbocycles. The van der Waals surface area contributed by atoms with Crippen molar-refractivity contribution in [3.8, 4) is 0 Å². The number of aromatic nitrogens is 3. The van der Waals surface area contributed by atoms with Crippen LogP contribution in [0.25, 0.3) is 21.3 Å². The summed E-state index contributed by atoms with van der Waals surface area (Å²) >= 11 is 2.37. The van der Waals surface area contributed by atoms with E-state index in [1.165, 1.54) is 27.3 Å². The Hall–Kier alpha value is -2.47. The number of fused-ring (bicyclic) bond motifs is 2. The van der Waals surface area contributed by atoms with Crippen molar-refractivity contribution in [3.05, 3.63) is 42.0 Å². The zero-order valence-corrected chi connectivity index (χ0v) is 19.8. The molecule has 1 atom stereocenters. The molecule has 1 amide bonds. The van der Waals surface area contributed by atoms with Gasteiger partial charge in [0, 0.05) is 6.54 Å². The van der Waals surface area contributed by atoms with Crippen molar-refractivity contribution in [2.45, 2.75) is 43.5 Å². The smallest absolute Gasteiger partial charge is 0.246 e. The minimum atomic E-state index is -3.92. The van der Waals surface area contributed by atoms with Gasteiger partial charge in [0.2, 0.25) is 15.9 Å². The van der Waals surface area contributed by atoms with Gasteiger partial charge in [-0.2, -0.15) is 13.1 Å². The summed E-state index contributed by atoms with van der Waals surface area (Å²) in [5, 5.41) is 3.34. The fourth-order valence-corrected chi connectivity index (χ4v) is 7.34. The summed E-state index contributed by atoms with van der Waals surface area (Å²) in [7, 11) is -3.92.